The van der Waals surface area contributed by atoms with Gasteiger partial charge >= 0.3 is 0 Å². The first-order valence-electron chi connectivity index (χ1n) is 6.58. The van der Waals surface area contributed by atoms with Gasteiger partial charge in [-0.1, -0.05) is 12.8 Å². The molecule has 3 N–H and O–H groups in total. The normalized spacial score (nSPS) is 20.0. The molecule has 0 bridgehead atoms. The summed E-state index contributed by atoms with van der Waals surface area (Å²) in [5.41, 5.74) is 0. The van der Waals surface area contributed by atoms with E-state index in [0.717, 1.165) is 12.8 Å². The first-order valence-corrected chi connectivity index (χ1v) is 6.98. The summed E-state index contributed by atoms with van der Waals surface area (Å²) in [6.45, 7) is 0.622. The minimum absolute atomic E-state index is 0.128. The molecule has 4 nitrogen and oxygen atoms in total. The number of rotatable bonds is 5. The van der Waals surface area contributed by atoms with Crippen LogP contribution in [0.2, 0.25) is 0 Å². The lowest BCUT2D eigenvalue weighted by Gasteiger charge is -2.15. The maximum atomic E-state index is 11.4. The van der Waals surface area contributed by atoms with Crippen molar-refractivity contribution >= 4 is 23.2 Å². The van der Waals surface area contributed by atoms with Crippen molar-refractivity contribution in [3.05, 3.63) is 0 Å². The molecule has 0 aromatic heterocycles. The van der Waals surface area contributed by atoms with Crippen LogP contribution in [0, 0.1) is 0 Å². The molecular formula is C12H21N3OS. The molecule has 2 aliphatic carbocycles. The van der Waals surface area contributed by atoms with Crippen LogP contribution in [0.5, 0.6) is 0 Å². The van der Waals surface area contributed by atoms with Gasteiger partial charge in [-0.25, -0.2) is 0 Å². The van der Waals surface area contributed by atoms with Crippen LogP contribution in [0.15, 0.2) is 0 Å². The molecule has 0 aromatic carbocycles. The third-order valence-corrected chi connectivity index (χ3v) is 3.53. The molecule has 0 unspecified atom stereocenters. The van der Waals surface area contributed by atoms with E-state index in [9.17, 15) is 4.79 Å². The average molecular weight is 255 g/mol. The van der Waals surface area contributed by atoms with E-state index in [0.29, 0.717) is 30.2 Å². The van der Waals surface area contributed by atoms with Gasteiger partial charge in [-0.3, -0.25) is 4.79 Å². The highest BCUT2D eigenvalue weighted by Crippen LogP contribution is 2.18. The Bertz CT molecular complexity index is 285. The Hall–Kier alpha value is -0.840. The zero-order chi connectivity index (χ0) is 12.1. The molecule has 5 heteroatoms. The Morgan fingerprint density at radius 2 is 1.71 bits per heavy atom. The van der Waals surface area contributed by atoms with Crippen molar-refractivity contribution in [3.8, 4) is 0 Å². The second-order valence-electron chi connectivity index (χ2n) is 4.97. The largest absolute Gasteiger partial charge is 0.362 e. The highest BCUT2D eigenvalue weighted by atomic mass is 32.1. The minimum Gasteiger partial charge on any atom is -0.362 e. The Labute approximate surface area is 108 Å². The standard InChI is InChI=1S/C12H21N3OS/c16-11(14-10-5-6-10)7-8-13-12(17)15-9-3-1-2-4-9/h9-10H,1-8H2,(H,14,16)(H2,13,15,17). The Kier molecular flexibility index (Phi) is 4.59. The van der Waals surface area contributed by atoms with Crippen molar-refractivity contribution in [1.82, 2.24) is 16.0 Å². The van der Waals surface area contributed by atoms with Crippen molar-refractivity contribution in [1.29, 1.82) is 0 Å². The van der Waals surface area contributed by atoms with Gasteiger partial charge in [-0.15, -0.1) is 0 Å². The SMILES string of the molecule is O=C(CCNC(=S)NC1CCCC1)NC1CC1. The second kappa shape index (κ2) is 6.19. The summed E-state index contributed by atoms with van der Waals surface area (Å²) in [6.07, 6.45) is 7.80. The molecule has 0 heterocycles. The number of amides is 1. The van der Waals surface area contributed by atoms with Crippen molar-refractivity contribution in [2.24, 2.45) is 0 Å². The number of hydrogen-bond donors (Lipinski definition) is 3. The van der Waals surface area contributed by atoms with Gasteiger partial charge in [0.05, 0.1) is 0 Å². The molecule has 2 saturated carbocycles. The first-order chi connectivity index (χ1) is 8.24. The summed E-state index contributed by atoms with van der Waals surface area (Å²) < 4.78 is 0. The minimum atomic E-state index is 0.128. The topological polar surface area (TPSA) is 53.2 Å². The van der Waals surface area contributed by atoms with Crippen LogP contribution in [0.4, 0.5) is 0 Å². The molecule has 0 aromatic rings. The van der Waals surface area contributed by atoms with E-state index < -0.39 is 0 Å². The lowest BCUT2D eigenvalue weighted by Crippen LogP contribution is -2.42. The van der Waals surface area contributed by atoms with Gasteiger partial charge in [-0.2, -0.15) is 0 Å². The fourth-order valence-corrected chi connectivity index (χ4v) is 2.39. The van der Waals surface area contributed by atoms with Gasteiger partial charge in [0.25, 0.3) is 0 Å². The van der Waals surface area contributed by atoms with Gasteiger partial charge < -0.3 is 16.0 Å². The number of thiocarbonyl (C=S) groups is 1. The zero-order valence-electron chi connectivity index (χ0n) is 10.1. The van der Waals surface area contributed by atoms with E-state index in [1.54, 1.807) is 0 Å². The summed E-state index contributed by atoms with van der Waals surface area (Å²) >= 11 is 5.19. The van der Waals surface area contributed by atoms with E-state index >= 15 is 0 Å². The summed E-state index contributed by atoms with van der Waals surface area (Å²) in [6, 6.07) is 0.987. The predicted molar refractivity (Wildman–Crippen MR) is 71.8 cm³/mol. The molecule has 17 heavy (non-hydrogen) atoms. The van der Waals surface area contributed by atoms with Gasteiger partial charge in [0.2, 0.25) is 5.91 Å². The third-order valence-electron chi connectivity index (χ3n) is 3.27. The van der Waals surface area contributed by atoms with E-state index in [4.69, 9.17) is 12.2 Å². The zero-order valence-corrected chi connectivity index (χ0v) is 10.9. The van der Waals surface area contributed by atoms with Gasteiger partial charge in [0.1, 0.15) is 0 Å². The Morgan fingerprint density at radius 1 is 1.06 bits per heavy atom. The van der Waals surface area contributed by atoms with Gasteiger partial charge in [0, 0.05) is 25.0 Å². The summed E-state index contributed by atoms with van der Waals surface area (Å²) in [5.74, 6) is 0.128. The molecule has 0 atom stereocenters. The fourth-order valence-electron chi connectivity index (χ4n) is 2.12. The van der Waals surface area contributed by atoms with Crippen molar-refractivity contribution < 1.29 is 4.79 Å². The molecule has 0 saturated heterocycles. The molecule has 0 radical (unpaired) electrons. The van der Waals surface area contributed by atoms with Crippen LogP contribution in [0.1, 0.15) is 44.9 Å². The van der Waals surface area contributed by atoms with E-state index in [2.05, 4.69) is 16.0 Å². The molecule has 1 amide bonds. The molecule has 2 fully saturated rings. The summed E-state index contributed by atoms with van der Waals surface area (Å²) in [7, 11) is 0. The molecule has 2 rings (SSSR count). The van der Waals surface area contributed by atoms with Crippen LogP contribution in [0.3, 0.4) is 0 Å². The molecule has 0 spiro atoms. The quantitative estimate of drug-likeness (QED) is 0.643. The van der Waals surface area contributed by atoms with Crippen molar-refractivity contribution in [2.45, 2.75) is 57.0 Å². The van der Waals surface area contributed by atoms with Crippen LogP contribution in [0.25, 0.3) is 0 Å². The average Bonchev–Trinajstić information content (AvgIpc) is 2.93. The third kappa shape index (κ3) is 4.89. The predicted octanol–water partition coefficient (Wildman–Crippen LogP) is 1.06. The lowest BCUT2D eigenvalue weighted by molar-refractivity contribution is -0.121. The Balaban J connectivity index is 1.51. The number of hydrogen-bond acceptors (Lipinski definition) is 2. The maximum Gasteiger partial charge on any atom is 0.221 e. The second-order valence-corrected chi connectivity index (χ2v) is 5.38. The number of carbonyl (C=O) groups excluding carboxylic acids is 1. The summed E-state index contributed by atoms with van der Waals surface area (Å²) in [4.78, 5) is 11.4. The fraction of sp³-hybridized carbons (Fsp3) is 0.833. The highest BCUT2D eigenvalue weighted by molar-refractivity contribution is 7.80. The number of nitrogens with one attached hydrogen (secondary N) is 3. The maximum absolute atomic E-state index is 11.4. The molecule has 0 aliphatic heterocycles. The van der Waals surface area contributed by atoms with E-state index in [-0.39, 0.29) is 5.91 Å². The first kappa shape index (κ1) is 12.6. The van der Waals surface area contributed by atoms with E-state index in [1.165, 1.54) is 25.7 Å². The van der Waals surface area contributed by atoms with Gasteiger partial charge in [0.15, 0.2) is 5.11 Å². The highest BCUT2D eigenvalue weighted by Gasteiger charge is 2.22. The van der Waals surface area contributed by atoms with Gasteiger partial charge in [-0.05, 0) is 37.9 Å². The monoisotopic (exact) mass is 255 g/mol. The molecule has 96 valence electrons. The lowest BCUT2D eigenvalue weighted by atomic mass is 10.3. The number of carbonyl (C=O) groups is 1. The summed E-state index contributed by atoms with van der Waals surface area (Å²) in [5, 5.41) is 10.0. The van der Waals surface area contributed by atoms with Crippen LogP contribution in [-0.2, 0) is 4.79 Å². The van der Waals surface area contributed by atoms with Crippen LogP contribution < -0.4 is 16.0 Å². The van der Waals surface area contributed by atoms with Crippen LogP contribution in [-0.4, -0.2) is 29.6 Å². The van der Waals surface area contributed by atoms with E-state index in [1.807, 2.05) is 0 Å². The molecule has 2 aliphatic rings. The van der Waals surface area contributed by atoms with Crippen LogP contribution >= 0.6 is 12.2 Å². The Morgan fingerprint density at radius 3 is 2.35 bits per heavy atom. The van der Waals surface area contributed by atoms with Crippen molar-refractivity contribution in [2.75, 3.05) is 6.54 Å². The molecular weight excluding hydrogens is 234 g/mol. The smallest absolute Gasteiger partial charge is 0.221 e. The van der Waals surface area contributed by atoms with Crippen molar-refractivity contribution in [3.63, 3.8) is 0 Å².